The van der Waals surface area contributed by atoms with E-state index in [-0.39, 0.29) is 0 Å². The average molecular weight is 221 g/mol. The average Bonchev–Trinajstić information content (AvgIpc) is 2.67. The highest BCUT2D eigenvalue weighted by Gasteiger charge is 2.02. The van der Waals surface area contributed by atoms with Gasteiger partial charge >= 0.3 is 0 Å². The van der Waals surface area contributed by atoms with Gasteiger partial charge in [0.05, 0.1) is 16.8 Å². The zero-order chi connectivity index (χ0) is 10.5. The maximum absolute atomic E-state index is 5.54. The Bertz CT molecular complexity index is 391. The highest BCUT2D eigenvalue weighted by molar-refractivity contribution is 7.18. The van der Waals surface area contributed by atoms with Gasteiger partial charge < -0.3 is 4.74 Å². The van der Waals surface area contributed by atoms with Crippen LogP contribution in [0, 0.1) is 0 Å². The van der Waals surface area contributed by atoms with Crippen LogP contribution >= 0.6 is 11.3 Å². The van der Waals surface area contributed by atoms with Gasteiger partial charge in [0.25, 0.3) is 0 Å². The van der Waals surface area contributed by atoms with E-state index in [1.807, 2.05) is 18.2 Å². The van der Waals surface area contributed by atoms with Crippen LogP contribution in [0.3, 0.4) is 0 Å². The number of hydrogen-bond donors (Lipinski definition) is 0. The molecule has 2 nitrogen and oxygen atoms in total. The second kappa shape index (κ2) is 5.24. The zero-order valence-corrected chi connectivity index (χ0v) is 9.72. The Hall–Kier alpha value is -0.930. The van der Waals surface area contributed by atoms with Crippen LogP contribution in [0.4, 0.5) is 0 Å². The van der Waals surface area contributed by atoms with Crippen molar-refractivity contribution in [2.75, 3.05) is 6.61 Å². The molecule has 0 saturated carbocycles. The molecule has 1 aromatic carbocycles. The molecule has 2 rings (SSSR count). The van der Waals surface area contributed by atoms with Crippen molar-refractivity contribution in [1.82, 2.24) is 4.98 Å². The Labute approximate surface area is 93.9 Å². The summed E-state index contributed by atoms with van der Waals surface area (Å²) < 4.78 is 6.78. The second-order valence-electron chi connectivity index (χ2n) is 3.48. The molecule has 0 aliphatic carbocycles. The van der Waals surface area contributed by atoms with Crippen LogP contribution in [-0.2, 0) is 11.3 Å². The van der Waals surface area contributed by atoms with E-state index in [0.29, 0.717) is 6.61 Å². The third kappa shape index (κ3) is 2.76. The molecule has 2 aromatic rings. The van der Waals surface area contributed by atoms with Gasteiger partial charge in [-0.15, -0.1) is 11.3 Å². The van der Waals surface area contributed by atoms with Crippen molar-refractivity contribution >= 4 is 21.6 Å². The number of fused-ring (bicyclic) bond motifs is 1. The van der Waals surface area contributed by atoms with Crippen molar-refractivity contribution in [2.24, 2.45) is 0 Å². The van der Waals surface area contributed by atoms with Crippen molar-refractivity contribution in [3.8, 4) is 0 Å². The van der Waals surface area contributed by atoms with E-state index in [2.05, 4.69) is 18.0 Å². The van der Waals surface area contributed by atoms with Crippen LogP contribution in [0.1, 0.15) is 24.8 Å². The maximum atomic E-state index is 5.54. The molecule has 1 aromatic heterocycles. The van der Waals surface area contributed by atoms with Gasteiger partial charge in [-0.05, 0) is 18.6 Å². The minimum Gasteiger partial charge on any atom is -0.374 e. The lowest BCUT2D eigenvalue weighted by Gasteiger charge is -1.98. The molecule has 80 valence electrons. The number of unbranched alkanes of at least 4 members (excludes halogenated alkanes) is 1. The van der Waals surface area contributed by atoms with Gasteiger partial charge in [0, 0.05) is 6.61 Å². The smallest absolute Gasteiger partial charge is 0.120 e. The molecule has 0 radical (unpaired) electrons. The van der Waals surface area contributed by atoms with Gasteiger partial charge in [-0.3, -0.25) is 0 Å². The predicted octanol–water partition coefficient (Wildman–Crippen LogP) is 3.61. The Balaban J connectivity index is 1.97. The SMILES string of the molecule is CCCCOCc1nc2ccccc2s1. The fourth-order valence-corrected chi connectivity index (χ4v) is 2.29. The van der Waals surface area contributed by atoms with Crippen LogP contribution in [0.25, 0.3) is 10.2 Å². The van der Waals surface area contributed by atoms with Gasteiger partial charge in [0.2, 0.25) is 0 Å². The van der Waals surface area contributed by atoms with Gasteiger partial charge in [-0.1, -0.05) is 25.5 Å². The third-order valence-corrected chi connectivity index (χ3v) is 3.22. The quantitative estimate of drug-likeness (QED) is 0.719. The standard InChI is InChI=1S/C12H15NOS/c1-2-3-8-14-9-12-13-10-6-4-5-7-11(10)15-12/h4-7H,2-3,8-9H2,1H3. The van der Waals surface area contributed by atoms with Crippen LogP contribution in [0.5, 0.6) is 0 Å². The Morgan fingerprint density at radius 2 is 2.20 bits per heavy atom. The number of thiazole rings is 1. The first-order chi connectivity index (χ1) is 7.40. The molecule has 3 heteroatoms. The van der Waals surface area contributed by atoms with Crippen molar-refractivity contribution in [2.45, 2.75) is 26.4 Å². The molecule has 15 heavy (non-hydrogen) atoms. The van der Waals surface area contributed by atoms with Gasteiger partial charge in [-0.25, -0.2) is 4.98 Å². The number of hydrogen-bond acceptors (Lipinski definition) is 3. The summed E-state index contributed by atoms with van der Waals surface area (Å²) in [5.74, 6) is 0. The molecule has 0 saturated heterocycles. The van der Waals surface area contributed by atoms with Crippen molar-refractivity contribution in [3.05, 3.63) is 29.3 Å². The molecule has 0 spiro atoms. The highest BCUT2D eigenvalue weighted by Crippen LogP contribution is 2.21. The van der Waals surface area contributed by atoms with E-state index < -0.39 is 0 Å². The first kappa shape index (κ1) is 10.6. The predicted molar refractivity (Wildman–Crippen MR) is 64.2 cm³/mol. The molecule has 1 heterocycles. The number of ether oxygens (including phenoxy) is 1. The lowest BCUT2D eigenvalue weighted by molar-refractivity contribution is 0.118. The monoisotopic (exact) mass is 221 g/mol. The Morgan fingerprint density at radius 1 is 1.33 bits per heavy atom. The van der Waals surface area contributed by atoms with Crippen LogP contribution < -0.4 is 0 Å². The number of aromatic nitrogens is 1. The summed E-state index contributed by atoms with van der Waals surface area (Å²) in [7, 11) is 0. The van der Waals surface area contributed by atoms with Crippen molar-refractivity contribution in [1.29, 1.82) is 0 Å². The third-order valence-electron chi connectivity index (χ3n) is 2.21. The molecule has 0 unspecified atom stereocenters. The first-order valence-electron chi connectivity index (χ1n) is 5.32. The summed E-state index contributed by atoms with van der Waals surface area (Å²) in [5, 5.41) is 1.08. The van der Waals surface area contributed by atoms with Crippen molar-refractivity contribution < 1.29 is 4.74 Å². The largest absolute Gasteiger partial charge is 0.374 e. The molecular weight excluding hydrogens is 206 g/mol. The Morgan fingerprint density at radius 3 is 3.00 bits per heavy atom. The topological polar surface area (TPSA) is 22.1 Å². The summed E-state index contributed by atoms with van der Waals surface area (Å²) in [5.41, 5.74) is 1.08. The van der Waals surface area contributed by atoms with Crippen LogP contribution in [-0.4, -0.2) is 11.6 Å². The van der Waals surface area contributed by atoms with Crippen LogP contribution in [0.15, 0.2) is 24.3 Å². The van der Waals surface area contributed by atoms with E-state index >= 15 is 0 Å². The molecular formula is C12H15NOS. The number of benzene rings is 1. The zero-order valence-electron chi connectivity index (χ0n) is 8.90. The van der Waals surface area contributed by atoms with Gasteiger partial charge in [0.1, 0.15) is 5.01 Å². The Kier molecular flexibility index (Phi) is 3.69. The molecule has 0 aliphatic heterocycles. The fourth-order valence-electron chi connectivity index (χ4n) is 1.39. The normalized spacial score (nSPS) is 11.0. The molecule has 0 aliphatic rings. The summed E-state index contributed by atoms with van der Waals surface area (Å²) >= 11 is 1.72. The molecule has 0 amide bonds. The maximum Gasteiger partial charge on any atom is 0.120 e. The van der Waals surface area contributed by atoms with Gasteiger partial charge in [0.15, 0.2) is 0 Å². The minimum absolute atomic E-state index is 0.652. The van der Waals surface area contributed by atoms with E-state index in [1.54, 1.807) is 11.3 Å². The van der Waals surface area contributed by atoms with E-state index in [0.717, 1.165) is 23.6 Å². The fraction of sp³-hybridized carbons (Fsp3) is 0.417. The summed E-state index contributed by atoms with van der Waals surface area (Å²) in [4.78, 5) is 4.50. The first-order valence-corrected chi connectivity index (χ1v) is 6.14. The highest BCUT2D eigenvalue weighted by atomic mass is 32.1. The lowest BCUT2D eigenvalue weighted by Crippen LogP contribution is -1.93. The summed E-state index contributed by atoms with van der Waals surface area (Å²) in [6, 6.07) is 8.20. The van der Waals surface area contributed by atoms with Crippen LogP contribution in [0.2, 0.25) is 0 Å². The molecule has 0 atom stereocenters. The number of para-hydroxylation sites is 1. The molecule has 0 fully saturated rings. The second-order valence-corrected chi connectivity index (χ2v) is 4.60. The number of rotatable bonds is 5. The van der Waals surface area contributed by atoms with Gasteiger partial charge in [-0.2, -0.15) is 0 Å². The van der Waals surface area contributed by atoms with E-state index in [4.69, 9.17) is 4.74 Å². The summed E-state index contributed by atoms with van der Waals surface area (Å²) in [6.07, 6.45) is 2.31. The minimum atomic E-state index is 0.652. The molecule has 0 N–H and O–H groups in total. The summed E-state index contributed by atoms with van der Waals surface area (Å²) in [6.45, 7) is 3.66. The van der Waals surface area contributed by atoms with E-state index in [1.165, 1.54) is 11.1 Å². The molecule has 0 bridgehead atoms. The van der Waals surface area contributed by atoms with E-state index in [9.17, 15) is 0 Å². The lowest BCUT2D eigenvalue weighted by atomic mass is 10.3. The number of nitrogens with zero attached hydrogens (tertiary/aromatic N) is 1. The van der Waals surface area contributed by atoms with Crippen molar-refractivity contribution in [3.63, 3.8) is 0 Å².